The molecule has 1 aliphatic heterocycles. The van der Waals surface area contributed by atoms with Crippen LogP contribution in [0.4, 0.5) is 0 Å². The minimum atomic E-state index is -0.943. The van der Waals surface area contributed by atoms with Crippen LogP contribution in [-0.2, 0) is 28.6 Å². The number of aliphatic hydroxyl groups excluding tert-OH is 1. The fourth-order valence-corrected chi connectivity index (χ4v) is 2.11. The second kappa shape index (κ2) is 9.09. The Bertz CT molecular complexity index is 495. The van der Waals surface area contributed by atoms with Crippen molar-refractivity contribution in [2.24, 2.45) is 0 Å². The van der Waals surface area contributed by atoms with Crippen LogP contribution in [-0.4, -0.2) is 47.4 Å². The molecule has 1 rings (SSSR count). The van der Waals surface area contributed by atoms with Gasteiger partial charge in [0.15, 0.2) is 0 Å². The fourth-order valence-electron chi connectivity index (χ4n) is 2.11. The Morgan fingerprint density at radius 2 is 2.04 bits per heavy atom. The van der Waals surface area contributed by atoms with Crippen LogP contribution in [0.5, 0.6) is 0 Å². The number of esters is 3. The van der Waals surface area contributed by atoms with Gasteiger partial charge >= 0.3 is 17.9 Å². The molecule has 1 heterocycles. The van der Waals surface area contributed by atoms with Gasteiger partial charge in [0.1, 0.15) is 18.3 Å². The van der Waals surface area contributed by atoms with Crippen molar-refractivity contribution < 1.29 is 33.7 Å². The highest BCUT2D eigenvalue weighted by Gasteiger charge is 2.25. The third-order valence-electron chi connectivity index (χ3n) is 3.10. The van der Waals surface area contributed by atoms with Gasteiger partial charge in [-0.05, 0) is 13.0 Å². The molecule has 0 aromatic heterocycles. The Kier molecular flexibility index (Phi) is 7.47. The van der Waals surface area contributed by atoms with Gasteiger partial charge in [-0.1, -0.05) is 12.2 Å². The maximum absolute atomic E-state index is 11.1. The van der Waals surface area contributed by atoms with Gasteiger partial charge in [-0.3, -0.25) is 9.59 Å². The van der Waals surface area contributed by atoms with Gasteiger partial charge in [-0.15, -0.1) is 0 Å². The Morgan fingerprint density at radius 3 is 2.61 bits per heavy atom. The van der Waals surface area contributed by atoms with E-state index in [1.54, 1.807) is 19.1 Å². The van der Waals surface area contributed by atoms with Crippen LogP contribution in [0.1, 0.15) is 33.6 Å². The quantitative estimate of drug-likeness (QED) is 0.424. The minimum absolute atomic E-state index is 0.0566. The molecule has 7 heteroatoms. The molecule has 0 aliphatic carbocycles. The van der Waals surface area contributed by atoms with E-state index >= 15 is 0 Å². The third kappa shape index (κ3) is 7.60. The average molecular weight is 326 g/mol. The predicted octanol–water partition coefficient (Wildman–Crippen LogP) is 1.05. The van der Waals surface area contributed by atoms with Crippen LogP contribution in [0.2, 0.25) is 0 Å². The standard InChI is InChI=1S/C16H22O7/c1-10(21-11(2)17)15(22-12(3)18)9-13(19)7-8-14-5-4-6-16(20)23-14/h4,6-8,10,13-15,19H,5,9H2,1-3H3/b8-7+/t10-,13+,14+,15-/m0/s1. The van der Waals surface area contributed by atoms with E-state index < -0.39 is 42.3 Å². The van der Waals surface area contributed by atoms with Crippen LogP contribution in [0, 0.1) is 0 Å². The Hall–Kier alpha value is -2.15. The number of carbonyl (C=O) groups is 3. The lowest BCUT2D eigenvalue weighted by Gasteiger charge is -2.24. The molecule has 0 amide bonds. The van der Waals surface area contributed by atoms with Gasteiger partial charge in [0.25, 0.3) is 0 Å². The molecule has 128 valence electrons. The molecular formula is C16H22O7. The van der Waals surface area contributed by atoms with Crippen LogP contribution in [0.3, 0.4) is 0 Å². The highest BCUT2D eigenvalue weighted by molar-refractivity contribution is 5.82. The second-order valence-corrected chi connectivity index (χ2v) is 5.26. The smallest absolute Gasteiger partial charge is 0.331 e. The summed E-state index contributed by atoms with van der Waals surface area (Å²) in [5.74, 6) is -1.46. The lowest BCUT2D eigenvalue weighted by molar-refractivity contribution is -0.165. The summed E-state index contributed by atoms with van der Waals surface area (Å²) in [5, 5.41) is 10.0. The first-order valence-electron chi connectivity index (χ1n) is 7.36. The van der Waals surface area contributed by atoms with E-state index in [2.05, 4.69) is 0 Å². The summed E-state index contributed by atoms with van der Waals surface area (Å²) in [6.45, 7) is 4.07. The van der Waals surface area contributed by atoms with E-state index in [9.17, 15) is 19.5 Å². The van der Waals surface area contributed by atoms with E-state index in [4.69, 9.17) is 14.2 Å². The average Bonchev–Trinajstić information content (AvgIpc) is 2.43. The minimum Gasteiger partial charge on any atom is -0.459 e. The summed E-state index contributed by atoms with van der Waals surface area (Å²) in [6.07, 6.45) is 3.84. The maximum atomic E-state index is 11.1. The van der Waals surface area contributed by atoms with E-state index in [1.165, 1.54) is 26.0 Å². The van der Waals surface area contributed by atoms with Crippen LogP contribution < -0.4 is 0 Å². The van der Waals surface area contributed by atoms with Crippen molar-refractivity contribution in [1.82, 2.24) is 0 Å². The van der Waals surface area contributed by atoms with E-state index in [0.29, 0.717) is 6.42 Å². The zero-order valence-corrected chi connectivity index (χ0v) is 13.4. The van der Waals surface area contributed by atoms with Crippen LogP contribution in [0.15, 0.2) is 24.3 Å². The molecule has 1 aliphatic rings. The predicted molar refractivity (Wildman–Crippen MR) is 80.2 cm³/mol. The molecule has 0 bridgehead atoms. The van der Waals surface area contributed by atoms with E-state index in [-0.39, 0.29) is 6.42 Å². The largest absolute Gasteiger partial charge is 0.459 e. The number of aliphatic hydroxyl groups is 1. The lowest BCUT2D eigenvalue weighted by Crippen LogP contribution is -2.34. The molecule has 1 N–H and O–H groups in total. The van der Waals surface area contributed by atoms with Crippen molar-refractivity contribution in [2.75, 3.05) is 0 Å². The molecular weight excluding hydrogens is 304 g/mol. The molecule has 0 saturated carbocycles. The summed E-state index contributed by atoms with van der Waals surface area (Å²) in [6, 6.07) is 0. The zero-order chi connectivity index (χ0) is 17.4. The normalized spacial score (nSPS) is 21.4. The van der Waals surface area contributed by atoms with Crippen molar-refractivity contribution in [3.63, 3.8) is 0 Å². The molecule has 0 aromatic carbocycles. The Balaban J connectivity index is 2.59. The number of rotatable bonds is 7. The number of hydrogen-bond acceptors (Lipinski definition) is 7. The number of ether oxygens (including phenoxy) is 3. The van der Waals surface area contributed by atoms with Gasteiger partial charge in [0.2, 0.25) is 0 Å². The molecule has 0 spiro atoms. The first-order valence-corrected chi connectivity index (χ1v) is 7.36. The molecule has 0 unspecified atom stereocenters. The number of carbonyl (C=O) groups excluding carboxylic acids is 3. The summed E-state index contributed by atoms with van der Waals surface area (Å²) in [4.78, 5) is 33.2. The van der Waals surface area contributed by atoms with Gasteiger partial charge in [-0.25, -0.2) is 4.79 Å². The molecule has 23 heavy (non-hydrogen) atoms. The number of hydrogen-bond donors (Lipinski definition) is 1. The third-order valence-corrected chi connectivity index (χ3v) is 3.10. The molecule has 0 fully saturated rings. The van der Waals surface area contributed by atoms with Gasteiger partial charge in [-0.2, -0.15) is 0 Å². The van der Waals surface area contributed by atoms with Crippen molar-refractivity contribution >= 4 is 17.9 Å². The SMILES string of the molecule is CC(=O)O[C@@H](C)[C@H](C[C@H](O)/C=C/[C@H]1CC=CC(=O)O1)OC(C)=O. The van der Waals surface area contributed by atoms with Gasteiger partial charge in [0.05, 0.1) is 6.10 Å². The van der Waals surface area contributed by atoms with E-state index in [1.807, 2.05) is 0 Å². The van der Waals surface area contributed by atoms with E-state index in [0.717, 1.165) is 0 Å². The summed E-state index contributed by atoms with van der Waals surface area (Å²) in [5.41, 5.74) is 0. The Morgan fingerprint density at radius 1 is 1.39 bits per heavy atom. The number of cyclic esters (lactones) is 1. The molecule has 7 nitrogen and oxygen atoms in total. The highest BCUT2D eigenvalue weighted by atomic mass is 16.6. The first-order chi connectivity index (χ1) is 10.8. The first kappa shape index (κ1) is 18.9. The molecule has 0 aromatic rings. The summed E-state index contributed by atoms with van der Waals surface area (Å²) >= 11 is 0. The topological polar surface area (TPSA) is 99.1 Å². The summed E-state index contributed by atoms with van der Waals surface area (Å²) < 4.78 is 15.1. The van der Waals surface area contributed by atoms with Crippen molar-refractivity contribution in [3.8, 4) is 0 Å². The van der Waals surface area contributed by atoms with Gasteiger partial charge in [0, 0.05) is 32.8 Å². The molecule has 0 radical (unpaired) electrons. The fraction of sp³-hybridized carbons (Fsp3) is 0.562. The lowest BCUT2D eigenvalue weighted by atomic mass is 10.1. The Labute approximate surface area is 134 Å². The van der Waals surface area contributed by atoms with Crippen molar-refractivity contribution in [2.45, 2.75) is 58.0 Å². The van der Waals surface area contributed by atoms with Crippen molar-refractivity contribution in [1.29, 1.82) is 0 Å². The monoisotopic (exact) mass is 326 g/mol. The zero-order valence-electron chi connectivity index (χ0n) is 13.4. The van der Waals surface area contributed by atoms with Crippen LogP contribution in [0.25, 0.3) is 0 Å². The highest BCUT2D eigenvalue weighted by Crippen LogP contribution is 2.14. The van der Waals surface area contributed by atoms with Crippen LogP contribution >= 0.6 is 0 Å². The molecule has 4 atom stereocenters. The van der Waals surface area contributed by atoms with Gasteiger partial charge < -0.3 is 19.3 Å². The summed E-state index contributed by atoms with van der Waals surface area (Å²) in [7, 11) is 0. The maximum Gasteiger partial charge on any atom is 0.331 e. The molecule has 0 saturated heterocycles. The van der Waals surface area contributed by atoms with Crippen molar-refractivity contribution in [3.05, 3.63) is 24.3 Å². The second-order valence-electron chi connectivity index (χ2n) is 5.26.